The molecule has 188 valence electrons. The molecule has 2 fully saturated rings. The third-order valence-electron chi connectivity index (χ3n) is 6.33. The lowest BCUT2D eigenvalue weighted by Gasteiger charge is -2.23. The number of nitrogens with one attached hydrogen (secondary N) is 3. The number of ether oxygens (including phenoxy) is 2. The van der Waals surface area contributed by atoms with Crippen molar-refractivity contribution in [2.75, 3.05) is 25.0 Å². The van der Waals surface area contributed by atoms with Crippen LogP contribution in [0.2, 0.25) is 5.02 Å². The molecule has 1 saturated heterocycles. The van der Waals surface area contributed by atoms with Gasteiger partial charge < -0.3 is 31.2 Å². The predicted molar refractivity (Wildman–Crippen MR) is 138 cm³/mol. The summed E-state index contributed by atoms with van der Waals surface area (Å²) in [6, 6.07) is 10.0. The highest BCUT2D eigenvalue weighted by Gasteiger charge is 2.23. The maximum atomic E-state index is 12.2. The second-order valence-electron chi connectivity index (χ2n) is 9.16. The van der Waals surface area contributed by atoms with E-state index in [1.165, 1.54) is 0 Å². The SMILES string of the molecule is NC(=O)c1cc2c(Oc3ccc(NC(=O)NC4CC4)c(Cl)c3)ccnc2cc1OCC1CCNCC1. The normalized spacial score (nSPS) is 15.9. The summed E-state index contributed by atoms with van der Waals surface area (Å²) >= 11 is 6.38. The summed E-state index contributed by atoms with van der Waals surface area (Å²) in [5.41, 5.74) is 7.04. The van der Waals surface area contributed by atoms with Gasteiger partial charge in [-0.25, -0.2) is 4.79 Å². The van der Waals surface area contributed by atoms with Crippen LogP contribution < -0.4 is 31.2 Å². The van der Waals surface area contributed by atoms with Crippen LogP contribution in [0.1, 0.15) is 36.0 Å². The van der Waals surface area contributed by atoms with Gasteiger partial charge in [0.2, 0.25) is 0 Å². The molecule has 1 aliphatic carbocycles. The number of hydrogen-bond acceptors (Lipinski definition) is 6. The first-order valence-corrected chi connectivity index (χ1v) is 12.4. The molecule has 10 heteroatoms. The molecule has 1 aromatic heterocycles. The van der Waals surface area contributed by atoms with E-state index in [-0.39, 0.29) is 17.6 Å². The van der Waals surface area contributed by atoms with Gasteiger partial charge in [-0.2, -0.15) is 0 Å². The Morgan fingerprint density at radius 2 is 1.89 bits per heavy atom. The number of pyridine rings is 1. The molecule has 5 N–H and O–H groups in total. The Balaban J connectivity index is 1.35. The molecular formula is C26H28ClN5O4. The van der Waals surface area contributed by atoms with Crippen molar-refractivity contribution < 1.29 is 19.1 Å². The zero-order chi connectivity index (χ0) is 25.1. The lowest BCUT2D eigenvalue weighted by atomic mass is 9.99. The van der Waals surface area contributed by atoms with E-state index in [9.17, 15) is 9.59 Å². The van der Waals surface area contributed by atoms with Crippen molar-refractivity contribution in [2.24, 2.45) is 11.7 Å². The van der Waals surface area contributed by atoms with E-state index in [2.05, 4.69) is 20.9 Å². The molecule has 0 spiro atoms. The number of carbonyl (C=O) groups excluding carboxylic acids is 2. The standard InChI is InChI=1S/C26H28ClN5O4/c27-20-11-17(3-4-21(20)32-26(34)31-16-1-2-16)36-23-7-10-30-22-13-24(19(25(28)33)12-18(22)23)35-14-15-5-8-29-9-6-15/h3-4,7,10-13,15-16,29H,1-2,5-6,8-9,14H2,(H2,28,33)(H2,31,32,34). The predicted octanol–water partition coefficient (Wildman–Crippen LogP) is 4.44. The van der Waals surface area contributed by atoms with Crippen LogP contribution in [0, 0.1) is 5.92 Å². The number of carbonyl (C=O) groups is 2. The van der Waals surface area contributed by atoms with Crippen LogP contribution in [-0.2, 0) is 0 Å². The number of primary amides is 1. The van der Waals surface area contributed by atoms with Crippen molar-refractivity contribution in [3.8, 4) is 17.2 Å². The number of halogens is 1. The van der Waals surface area contributed by atoms with Gasteiger partial charge in [-0.1, -0.05) is 11.6 Å². The van der Waals surface area contributed by atoms with Crippen LogP contribution in [0.25, 0.3) is 10.9 Å². The van der Waals surface area contributed by atoms with Gasteiger partial charge in [0.15, 0.2) is 0 Å². The van der Waals surface area contributed by atoms with Gasteiger partial charge in [-0.15, -0.1) is 0 Å². The Morgan fingerprint density at radius 3 is 2.61 bits per heavy atom. The summed E-state index contributed by atoms with van der Waals surface area (Å²) in [6.07, 6.45) is 5.67. The minimum atomic E-state index is -0.588. The average molecular weight is 510 g/mol. The van der Waals surface area contributed by atoms with E-state index in [4.69, 9.17) is 26.8 Å². The second-order valence-corrected chi connectivity index (χ2v) is 9.57. The number of anilines is 1. The van der Waals surface area contributed by atoms with Crippen molar-refractivity contribution >= 4 is 40.1 Å². The molecule has 5 rings (SSSR count). The summed E-state index contributed by atoms with van der Waals surface area (Å²) < 4.78 is 12.1. The Labute approximate surface area is 213 Å². The minimum Gasteiger partial charge on any atom is -0.492 e. The third-order valence-corrected chi connectivity index (χ3v) is 6.64. The van der Waals surface area contributed by atoms with Gasteiger partial charge in [0.05, 0.1) is 28.4 Å². The molecular weight excluding hydrogens is 482 g/mol. The summed E-state index contributed by atoms with van der Waals surface area (Å²) in [5, 5.41) is 9.88. The molecule has 3 aromatic rings. The summed E-state index contributed by atoms with van der Waals surface area (Å²) in [6.45, 7) is 2.44. The van der Waals surface area contributed by atoms with Crippen LogP contribution in [-0.4, -0.2) is 42.7 Å². The fourth-order valence-corrected chi connectivity index (χ4v) is 4.38. The first-order valence-electron chi connectivity index (χ1n) is 12.1. The molecule has 0 atom stereocenters. The van der Waals surface area contributed by atoms with Crippen molar-refractivity contribution in [3.05, 3.63) is 53.2 Å². The number of fused-ring (bicyclic) bond motifs is 1. The molecule has 36 heavy (non-hydrogen) atoms. The number of nitrogens with zero attached hydrogens (tertiary/aromatic N) is 1. The number of urea groups is 1. The Hall–Kier alpha value is -3.56. The third kappa shape index (κ3) is 5.80. The van der Waals surface area contributed by atoms with Gasteiger partial charge in [-0.3, -0.25) is 9.78 Å². The molecule has 2 aromatic carbocycles. The molecule has 2 aliphatic rings. The number of benzene rings is 2. The minimum absolute atomic E-state index is 0.243. The monoisotopic (exact) mass is 509 g/mol. The fraction of sp³-hybridized carbons (Fsp3) is 0.346. The van der Waals surface area contributed by atoms with E-state index < -0.39 is 5.91 Å². The summed E-state index contributed by atoms with van der Waals surface area (Å²) in [5.74, 6) is 1.20. The van der Waals surface area contributed by atoms with Gasteiger partial charge >= 0.3 is 6.03 Å². The Bertz CT molecular complexity index is 1290. The average Bonchev–Trinajstić information content (AvgIpc) is 3.68. The summed E-state index contributed by atoms with van der Waals surface area (Å²) in [4.78, 5) is 28.7. The van der Waals surface area contributed by atoms with E-state index >= 15 is 0 Å². The van der Waals surface area contributed by atoms with Crippen LogP contribution in [0.3, 0.4) is 0 Å². The maximum Gasteiger partial charge on any atom is 0.319 e. The van der Waals surface area contributed by atoms with Gasteiger partial charge in [0.25, 0.3) is 5.91 Å². The smallest absolute Gasteiger partial charge is 0.319 e. The number of nitrogens with two attached hydrogens (primary N) is 1. The maximum absolute atomic E-state index is 12.2. The number of aromatic nitrogens is 1. The van der Waals surface area contributed by atoms with E-state index in [1.54, 1.807) is 42.6 Å². The van der Waals surface area contributed by atoms with Gasteiger partial charge in [0.1, 0.15) is 17.2 Å². The largest absolute Gasteiger partial charge is 0.492 e. The topological polar surface area (TPSA) is 128 Å². The molecule has 1 saturated carbocycles. The highest BCUT2D eigenvalue weighted by Crippen LogP contribution is 2.35. The highest BCUT2D eigenvalue weighted by molar-refractivity contribution is 6.33. The van der Waals surface area contributed by atoms with Crippen LogP contribution in [0.15, 0.2) is 42.6 Å². The molecule has 3 amide bonds. The zero-order valence-corrected chi connectivity index (χ0v) is 20.4. The van der Waals surface area contributed by atoms with E-state index in [1.807, 2.05) is 0 Å². The molecule has 0 bridgehead atoms. The first-order chi connectivity index (χ1) is 17.5. The van der Waals surface area contributed by atoms with Crippen LogP contribution in [0.5, 0.6) is 17.2 Å². The number of rotatable bonds is 8. The molecule has 2 heterocycles. The van der Waals surface area contributed by atoms with E-state index in [0.717, 1.165) is 38.8 Å². The fourth-order valence-electron chi connectivity index (χ4n) is 4.16. The quantitative estimate of drug-likeness (QED) is 0.355. The van der Waals surface area contributed by atoms with Crippen molar-refractivity contribution in [3.63, 3.8) is 0 Å². The van der Waals surface area contributed by atoms with Crippen LogP contribution >= 0.6 is 11.6 Å². The number of amides is 3. The van der Waals surface area contributed by atoms with Crippen molar-refractivity contribution in [2.45, 2.75) is 31.7 Å². The lowest BCUT2D eigenvalue weighted by Crippen LogP contribution is -2.30. The molecule has 1 aliphatic heterocycles. The first kappa shape index (κ1) is 24.1. The van der Waals surface area contributed by atoms with Crippen LogP contribution in [0.4, 0.5) is 10.5 Å². The van der Waals surface area contributed by atoms with Gasteiger partial charge in [-0.05, 0) is 69.0 Å². The highest BCUT2D eigenvalue weighted by atomic mass is 35.5. The summed E-state index contributed by atoms with van der Waals surface area (Å²) in [7, 11) is 0. The second kappa shape index (κ2) is 10.6. The molecule has 9 nitrogen and oxygen atoms in total. The number of hydrogen-bond donors (Lipinski definition) is 4. The number of piperidine rings is 1. The molecule has 0 radical (unpaired) electrons. The van der Waals surface area contributed by atoms with Gasteiger partial charge in [0, 0.05) is 29.8 Å². The Kier molecular flexibility index (Phi) is 7.11. The van der Waals surface area contributed by atoms with Crippen molar-refractivity contribution in [1.29, 1.82) is 0 Å². The van der Waals surface area contributed by atoms with Crippen molar-refractivity contribution in [1.82, 2.24) is 15.6 Å². The molecule has 0 unspecified atom stereocenters. The van der Waals surface area contributed by atoms with E-state index in [0.29, 0.717) is 51.4 Å². The Morgan fingerprint density at radius 1 is 1.08 bits per heavy atom. The zero-order valence-electron chi connectivity index (χ0n) is 19.7. The lowest BCUT2D eigenvalue weighted by molar-refractivity contribution is 0.0994.